The lowest BCUT2D eigenvalue weighted by Crippen LogP contribution is -2.31. The Labute approximate surface area is 148 Å². The first-order valence-electron chi connectivity index (χ1n) is 7.46. The Hall–Kier alpha value is -3.44. The van der Waals surface area contributed by atoms with E-state index in [2.05, 4.69) is 24.8 Å². The number of pyridine rings is 1. The van der Waals surface area contributed by atoms with Gasteiger partial charge >= 0.3 is 11.9 Å². The van der Waals surface area contributed by atoms with E-state index in [9.17, 15) is 22.8 Å². The third kappa shape index (κ3) is 3.73. The van der Waals surface area contributed by atoms with Crippen LogP contribution in [0.5, 0.6) is 5.88 Å². The minimum Gasteiger partial charge on any atom is -0.467 e. The van der Waals surface area contributed by atoms with Crippen molar-refractivity contribution in [2.45, 2.75) is 13.1 Å². The molecule has 0 saturated heterocycles. The smallest absolute Gasteiger partial charge is 0.422 e. The molecule has 0 radical (unpaired) electrons. The molecule has 0 atom stereocenters. The number of aromatic amines is 1. The molecule has 3 heterocycles. The first-order chi connectivity index (χ1) is 12.7. The SMILES string of the molecule is Cc1c(-c2noc(-c3cccnc3OCC(F)(F)F)n2)c(=O)[nH]c(=O)n1C. The summed E-state index contributed by atoms with van der Waals surface area (Å²) < 4.78 is 48.1. The van der Waals surface area contributed by atoms with Gasteiger partial charge in [0.25, 0.3) is 11.4 Å². The van der Waals surface area contributed by atoms with Crippen molar-refractivity contribution in [1.29, 1.82) is 0 Å². The van der Waals surface area contributed by atoms with E-state index in [0.29, 0.717) is 0 Å². The van der Waals surface area contributed by atoms with E-state index < -0.39 is 24.0 Å². The van der Waals surface area contributed by atoms with Crippen molar-refractivity contribution in [2.75, 3.05) is 6.61 Å². The van der Waals surface area contributed by atoms with Crippen LogP contribution < -0.4 is 16.0 Å². The van der Waals surface area contributed by atoms with Crippen molar-refractivity contribution >= 4 is 0 Å². The van der Waals surface area contributed by atoms with Crippen molar-refractivity contribution in [3.05, 3.63) is 44.9 Å². The van der Waals surface area contributed by atoms with Crippen LogP contribution in [0.2, 0.25) is 0 Å². The molecule has 0 aliphatic carbocycles. The Balaban J connectivity index is 2.03. The van der Waals surface area contributed by atoms with Crippen LogP contribution in [0.3, 0.4) is 0 Å². The fraction of sp³-hybridized carbons (Fsp3) is 0.267. The van der Waals surface area contributed by atoms with E-state index in [4.69, 9.17) is 4.52 Å². The Morgan fingerprint density at radius 1 is 1.33 bits per heavy atom. The molecule has 0 saturated carbocycles. The molecule has 27 heavy (non-hydrogen) atoms. The van der Waals surface area contributed by atoms with Crippen LogP contribution in [0, 0.1) is 6.92 Å². The second-order valence-electron chi connectivity index (χ2n) is 5.46. The van der Waals surface area contributed by atoms with E-state index in [1.807, 2.05) is 0 Å². The molecule has 3 aromatic heterocycles. The van der Waals surface area contributed by atoms with Gasteiger partial charge in [-0.05, 0) is 19.1 Å². The predicted molar refractivity (Wildman–Crippen MR) is 85.1 cm³/mol. The number of alkyl halides is 3. The van der Waals surface area contributed by atoms with Crippen LogP contribution in [0.25, 0.3) is 22.8 Å². The van der Waals surface area contributed by atoms with Gasteiger partial charge in [0.2, 0.25) is 11.7 Å². The number of nitrogens with zero attached hydrogens (tertiary/aromatic N) is 4. The van der Waals surface area contributed by atoms with Crippen molar-refractivity contribution in [3.8, 4) is 28.7 Å². The molecule has 0 bridgehead atoms. The quantitative estimate of drug-likeness (QED) is 0.725. The van der Waals surface area contributed by atoms with Crippen molar-refractivity contribution in [2.24, 2.45) is 7.05 Å². The molecule has 0 unspecified atom stereocenters. The van der Waals surface area contributed by atoms with Crippen LogP contribution >= 0.6 is 0 Å². The van der Waals surface area contributed by atoms with Crippen LogP contribution in [-0.4, -0.2) is 37.5 Å². The Morgan fingerprint density at radius 3 is 2.78 bits per heavy atom. The largest absolute Gasteiger partial charge is 0.467 e. The molecule has 0 aliphatic rings. The second-order valence-corrected chi connectivity index (χ2v) is 5.46. The van der Waals surface area contributed by atoms with E-state index in [1.165, 1.54) is 36.9 Å². The monoisotopic (exact) mass is 383 g/mol. The Morgan fingerprint density at radius 2 is 2.07 bits per heavy atom. The lowest BCUT2D eigenvalue weighted by atomic mass is 10.2. The van der Waals surface area contributed by atoms with Crippen LogP contribution in [0.1, 0.15) is 5.69 Å². The van der Waals surface area contributed by atoms with Gasteiger partial charge < -0.3 is 13.8 Å². The van der Waals surface area contributed by atoms with Gasteiger partial charge in [0.05, 0.1) is 0 Å². The fourth-order valence-corrected chi connectivity index (χ4v) is 2.24. The molecule has 3 rings (SSSR count). The third-order valence-corrected chi connectivity index (χ3v) is 3.64. The summed E-state index contributed by atoms with van der Waals surface area (Å²) in [5, 5.41) is 3.68. The zero-order valence-corrected chi connectivity index (χ0v) is 14.0. The average molecular weight is 383 g/mol. The first kappa shape index (κ1) is 18.4. The summed E-state index contributed by atoms with van der Waals surface area (Å²) in [5.41, 5.74) is -1.02. The standard InChI is InChI=1S/C15H12F3N5O4/c1-7-9(11(24)21-14(25)23(7)2)10-20-13(27-22-10)8-4-3-5-19-12(8)26-6-15(16,17)18/h3-5H,6H2,1-2H3,(H,21,24,25). The molecule has 0 aromatic carbocycles. The second kappa shape index (κ2) is 6.70. The topological polar surface area (TPSA) is 116 Å². The normalized spacial score (nSPS) is 11.6. The van der Waals surface area contributed by atoms with E-state index in [0.717, 1.165) is 0 Å². The molecule has 0 fully saturated rings. The number of hydrogen-bond acceptors (Lipinski definition) is 7. The van der Waals surface area contributed by atoms with E-state index in [-0.39, 0.29) is 34.4 Å². The van der Waals surface area contributed by atoms with Gasteiger partial charge in [-0.3, -0.25) is 9.78 Å². The van der Waals surface area contributed by atoms with Gasteiger partial charge in [-0.25, -0.2) is 9.78 Å². The molecule has 12 heteroatoms. The molecule has 0 aliphatic heterocycles. The molecule has 3 aromatic rings. The zero-order valence-electron chi connectivity index (χ0n) is 14.0. The number of nitrogens with one attached hydrogen (secondary N) is 1. The van der Waals surface area contributed by atoms with Gasteiger partial charge in [0.15, 0.2) is 6.61 Å². The minimum absolute atomic E-state index is 0.00579. The van der Waals surface area contributed by atoms with Gasteiger partial charge in [0, 0.05) is 18.9 Å². The summed E-state index contributed by atoms with van der Waals surface area (Å²) in [5.74, 6) is -0.677. The molecule has 0 spiro atoms. The minimum atomic E-state index is -4.55. The summed E-state index contributed by atoms with van der Waals surface area (Å²) in [6.45, 7) is -0.0263. The maximum atomic E-state index is 12.4. The number of aromatic nitrogens is 5. The lowest BCUT2D eigenvalue weighted by molar-refractivity contribution is -0.154. The Bertz CT molecular complexity index is 1100. The van der Waals surface area contributed by atoms with E-state index in [1.54, 1.807) is 0 Å². The summed E-state index contributed by atoms with van der Waals surface area (Å²) in [4.78, 5) is 33.6. The maximum Gasteiger partial charge on any atom is 0.422 e. The highest BCUT2D eigenvalue weighted by Crippen LogP contribution is 2.29. The number of hydrogen-bond donors (Lipinski definition) is 1. The summed E-state index contributed by atoms with van der Waals surface area (Å²) >= 11 is 0. The number of H-pyrrole nitrogens is 1. The zero-order chi connectivity index (χ0) is 19.8. The molecule has 142 valence electrons. The molecule has 9 nitrogen and oxygen atoms in total. The van der Waals surface area contributed by atoms with Crippen molar-refractivity contribution < 1.29 is 22.4 Å². The summed E-state index contributed by atoms with van der Waals surface area (Å²) in [6.07, 6.45) is -3.30. The third-order valence-electron chi connectivity index (χ3n) is 3.64. The van der Waals surface area contributed by atoms with Crippen LogP contribution in [0.4, 0.5) is 13.2 Å². The van der Waals surface area contributed by atoms with Crippen molar-refractivity contribution in [3.63, 3.8) is 0 Å². The van der Waals surface area contributed by atoms with Gasteiger partial charge in [0.1, 0.15) is 11.1 Å². The highest BCUT2D eigenvalue weighted by Gasteiger charge is 2.30. The van der Waals surface area contributed by atoms with Crippen molar-refractivity contribution in [1.82, 2.24) is 24.7 Å². The lowest BCUT2D eigenvalue weighted by Gasteiger charge is -2.09. The fourth-order valence-electron chi connectivity index (χ4n) is 2.24. The molecule has 1 N–H and O–H groups in total. The summed E-state index contributed by atoms with van der Waals surface area (Å²) in [6, 6.07) is 2.83. The number of rotatable bonds is 4. The number of ether oxygens (including phenoxy) is 1. The highest BCUT2D eigenvalue weighted by atomic mass is 19.4. The molecular formula is C15H12F3N5O4. The van der Waals surface area contributed by atoms with Gasteiger partial charge in [-0.15, -0.1) is 0 Å². The van der Waals surface area contributed by atoms with Gasteiger partial charge in [-0.2, -0.15) is 18.2 Å². The average Bonchev–Trinajstić information content (AvgIpc) is 3.07. The van der Waals surface area contributed by atoms with E-state index >= 15 is 0 Å². The maximum absolute atomic E-state index is 12.4. The highest BCUT2D eigenvalue weighted by molar-refractivity contribution is 5.63. The predicted octanol–water partition coefficient (Wildman–Crippen LogP) is 1.44. The molecular weight excluding hydrogens is 371 g/mol. The van der Waals surface area contributed by atoms with Crippen LogP contribution in [-0.2, 0) is 7.05 Å². The first-order valence-corrected chi connectivity index (χ1v) is 7.46. The molecule has 0 amide bonds. The number of halogens is 3. The summed E-state index contributed by atoms with van der Waals surface area (Å²) in [7, 11) is 1.45. The Kier molecular flexibility index (Phi) is 4.56. The van der Waals surface area contributed by atoms with Gasteiger partial charge in [-0.1, -0.05) is 5.16 Å². The van der Waals surface area contributed by atoms with Crippen LogP contribution in [0.15, 0.2) is 32.4 Å².